The molecule has 0 saturated carbocycles. The van der Waals surface area contributed by atoms with Crippen molar-refractivity contribution in [1.29, 1.82) is 5.26 Å². The van der Waals surface area contributed by atoms with Gasteiger partial charge in [0.05, 0.1) is 30.5 Å². The van der Waals surface area contributed by atoms with Crippen molar-refractivity contribution in [3.05, 3.63) is 51.8 Å². The van der Waals surface area contributed by atoms with E-state index in [2.05, 4.69) is 11.1 Å². The molecule has 0 aliphatic carbocycles. The summed E-state index contributed by atoms with van der Waals surface area (Å²) in [4.78, 5) is 19.4. The monoisotopic (exact) mass is 384 g/mol. The Balaban J connectivity index is 2.14. The van der Waals surface area contributed by atoms with Crippen LogP contribution in [0.1, 0.15) is 32.4 Å². The van der Waals surface area contributed by atoms with Gasteiger partial charge in [-0.3, -0.25) is 4.90 Å². The molecule has 0 spiro atoms. The third-order valence-corrected chi connectivity index (χ3v) is 5.15. The number of carbonyl (C=O) groups excluding carboxylic acids is 1. The van der Waals surface area contributed by atoms with E-state index in [1.807, 2.05) is 24.3 Å². The molecule has 2 aliphatic heterocycles. The van der Waals surface area contributed by atoms with Crippen LogP contribution in [0.3, 0.4) is 0 Å². The van der Waals surface area contributed by atoms with Gasteiger partial charge in [0.25, 0.3) is 0 Å². The van der Waals surface area contributed by atoms with Gasteiger partial charge in [0.1, 0.15) is 22.5 Å². The Morgan fingerprint density at radius 1 is 1.37 bits per heavy atom. The first-order valence-corrected chi connectivity index (χ1v) is 9.20. The number of nitrogens with two attached hydrogens (primary N) is 1. The first-order chi connectivity index (χ1) is 12.9. The van der Waals surface area contributed by atoms with E-state index in [-0.39, 0.29) is 11.9 Å². The Kier molecular flexibility index (Phi) is 5.15. The maximum absolute atomic E-state index is 12.8. The van der Waals surface area contributed by atoms with Gasteiger partial charge in [0, 0.05) is 0 Å². The fraction of sp³-hybridized carbons (Fsp3) is 0.316. The number of benzene rings is 1. The van der Waals surface area contributed by atoms with Gasteiger partial charge in [-0.05, 0) is 50.2 Å². The smallest absolute Gasteiger partial charge is 0.338 e. The Hall–Kier alpha value is -2.92. The van der Waals surface area contributed by atoms with Gasteiger partial charge in [-0.15, -0.1) is 0 Å². The summed E-state index contributed by atoms with van der Waals surface area (Å²) in [6, 6.07) is 8.92. The molecule has 1 aromatic carbocycles. The predicted octanol–water partition coefficient (Wildman–Crippen LogP) is 3.03. The maximum Gasteiger partial charge on any atom is 0.338 e. The number of ether oxygens (including phenoxy) is 2. The largest absolute Gasteiger partial charge is 0.497 e. The first kappa shape index (κ1) is 18.9. The quantitative estimate of drug-likeness (QED) is 0.796. The van der Waals surface area contributed by atoms with Crippen LogP contribution in [-0.2, 0) is 9.53 Å². The lowest BCUT2D eigenvalue weighted by Gasteiger charge is -2.35. The zero-order valence-corrected chi connectivity index (χ0v) is 16.3. The van der Waals surface area contributed by atoms with Gasteiger partial charge in [-0.25, -0.2) is 9.79 Å². The molecule has 3 rings (SSSR count). The number of esters is 1. The van der Waals surface area contributed by atoms with Gasteiger partial charge in [-0.1, -0.05) is 12.1 Å². The minimum atomic E-state index is -0.534. The second-order valence-corrected chi connectivity index (χ2v) is 7.30. The van der Waals surface area contributed by atoms with E-state index in [9.17, 15) is 10.1 Å². The molecule has 0 fully saturated rings. The summed E-state index contributed by atoms with van der Waals surface area (Å²) < 4.78 is 10.7. The highest BCUT2D eigenvalue weighted by Crippen LogP contribution is 2.45. The van der Waals surface area contributed by atoms with Crippen LogP contribution in [0.25, 0.3) is 0 Å². The molecule has 140 valence electrons. The van der Waals surface area contributed by atoms with Crippen LogP contribution in [0.5, 0.6) is 5.75 Å². The molecule has 0 saturated heterocycles. The van der Waals surface area contributed by atoms with Crippen LogP contribution in [0, 0.1) is 11.3 Å². The number of rotatable bonds is 4. The molecule has 0 unspecified atom stereocenters. The topological polar surface area (TPSA) is 101 Å². The van der Waals surface area contributed by atoms with E-state index in [1.165, 1.54) is 11.8 Å². The fourth-order valence-electron chi connectivity index (χ4n) is 2.98. The first-order valence-electron chi connectivity index (χ1n) is 8.38. The van der Waals surface area contributed by atoms with Crippen molar-refractivity contribution in [1.82, 2.24) is 4.90 Å². The van der Waals surface area contributed by atoms with Gasteiger partial charge in [-0.2, -0.15) is 5.26 Å². The van der Waals surface area contributed by atoms with E-state index >= 15 is 0 Å². The zero-order valence-electron chi connectivity index (χ0n) is 15.5. The van der Waals surface area contributed by atoms with Crippen molar-refractivity contribution in [2.24, 2.45) is 10.7 Å². The van der Waals surface area contributed by atoms with E-state index in [4.69, 9.17) is 15.2 Å². The lowest BCUT2D eigenvalue weighted by molar-refractivity contribution is -0.143. The molecule has 2 aliphatic rings. The molecule has 27 heavy (non-hydrogen) atoms. The predicted molar refractivity (Wildman–Crippen MR) is 103 cm³/mol. The lowest BCUT2D eigenvalue weighted by atomic mass is 9.94. The average molecular weight is 384 g/mol. The summed E-state index contributed by atoms with van der Waals surface area (Å²) in [7, 11) is 1.59. The Labute approximate surface area is 162 Å². The summed E-state index contributed by atoms with van der Waals surface area (Å²) in [5, 5.41) is 9.93. The van der Waals surface area contributed by atoms with Crippen LogP contribution < -0.4 is 10.5 Å². The van der Waals surface area contributed by atoms with Crippen molar-refractivity contribution in [2.75, 3.05) is 7.11 Å². The summed E-state index contributed by atoms with van der Waals surface area (Å²) in [6.07, 6.45) is -0.268. The van der Waals surface area contributed by atoms with Crippen LogP contribution in [0.2, 0.25) is 0 Å². The van der Waals surface area contributed by atoms with Crippen molar-refractivity contribution in [3.63, 3.8) is 0 Å². The number of hydrogen-bond donors (Lipinski definition) is 1. The molecule has 7 nitrogen and oxygen atoms in total. The van der Waals surface area contributed by atoms with E-state index in [0.29, 0.717) is 27.1 Å². The minimum absolute atomic E-state index is 0.268. The molecule has 8 heteroatoms. The number of fused-ring (bicyclic) bond motifs is 1. The molecule has 0 bridgehead atoms. The van der Waals surface area contributed by atoms with Crippen LogP contribution in [-0.4, -0.2) is 29.3 Å². The van der Waals surface area contributed by atoms with Gasteiger partial charge in [0.15, 0.2) is 5.17 Å². The molecule has 2 N–H and O–H groups in total. The SMILES string of the molecule is COc1ccc([C@@H]2C(C(=O)OC(C)C)=C(C)N=C3SC(C#N)=C(N)N32)cc1. The number of nitrogens with zero attached hydrogens (tertiary/aromatic N) is 3. The number of amidine groups is 1. The highest BCUT2D eigenvalue weighted by atomic mass is 32.2. The maximum atomic E-state index is 12.8. The molecular formula is C19H20N4O3S. The van der Waals surface area contributed by atoms with Crippen molar-refractivity contribution in [2.45, 2.75) is 32.9 Å². The molecule has 1 atom stereocenters. The van der Waals surface area contributed by atoms with Crippen LogP contribution >= 0.6 is 11.8 Å². The number of carbonyl (C=O) groups is 1. The fourth-order valence-corrected chi connectivity index (χ4v) is 3.90. The number of aliphatic imine (C=N–C) groups is 1. The molecule has 0 amide bonds. The molecular weight excluding hydrogens is 364 g/mol. The molecule has 0 aromatic heterocycles. The number of nitriles is 1. The van der Waals surface area contributed by atoms with E-state index < -0.39 is 12.0 Å². The highest BCUT2D eigenvalue weighted by molar-refractivity contribution is 8.17. The third-order valence-electron chi connectivity index (χ3n) is 4.17. The Morgan fingerprint density at radius 2 is 2.04 bits per heavy atom. The van der Waals surface area contributed by atoms with Crippen molar-refractivity contribution in [3.8, 4) is 11.8 Å². The Bertz CT molecular complexity index is 910. The number of thioether (sulfide) groups is 1. The van der Waals surface area contributed by atoms with Gasteiger partial charge < -0.3 is 15.2 Å². The zero-order chi connectivity index (χ0) is 19.7. The third kappa shape index (κ3) is 3.38. The molecule has 1 aromatic rings. The van der Waals surface area contributed by atoms with E-state index in [1.54, 1.807) is 32.8 Å². The van der Waals surface area contributed by atoms with Crippen LogP contribution in [0.15, 0.2) is 51.3 Å². The molecule has 0 radical (unpaired) electrons. The summed E-state index contributed by atoms with van der Waals surface area (Å²) in [6.45, 7) is 5.35. The van der Waals surface area contributed by atoms with Crippen molar-refractivity contribution < 1.29 is 14.3 Å². The normalized spacial score (nSPS) is 19.0. The minimum Gasteiger partial charge on any atom is -0.497 e. The van der Waals surface area contributed by atoms with Crippen LogP contribution in [0.4, 0.5) is 0 Å². The Morgan fingerprint density at radius 3 is 2.59 bits per heavy atom. The average Bonchev–Trinajstić information content (AvgIpc) is 2.95. The van der Waals surface area contributed by atoms with Gasteiger partial charge >= 0.3 is 5.97 Å². The molecule has 2 heterocycles. The second kappa shape index (κ2) is 7.37. The summed E-state index contributed by atoms with van der Waals surface area (Å²) in [5.41, 5.74) is 7.99. The van der Waals surface area contributed by atoms with Crippen molar-refractivity contribution >= 4 is 22.9 Å². The van der Waals surface area contributed by atoms with Gasteiger partial charge in [0.2, 0.25) is 0 Å². The highest BCUT2D eigenvalue weighted by Gasteiger charge is 2.42. The summed E-state index contributed by atoms with van der Waals surface area (Å²) in [5.74, 6) is 0.534. The number of hydrogen-bond acceptors (Lipinski definition) is 8. The van der Waals surface area contributed by atoms with E-state index in [0.717, 1.165) is 5.56 Å². The number of methoxy groups -OCH3 is 1. The summed E-state index contributed by atoms with van der Waals surface area (Å²) >= 11 is 1.20. The standard InChI is InChI=1S/C19H20N4O3S/c1-10(2)26-18(24)15-11(3)22-19-23(17(21)14(9-20)27-19)16(15)12-5-7-13(25-4)8-6-12/h5-8,10,16H,21H2,1-4H3/t16-/m1/s1. The number of allylic oxidation sites excluding steroid dienone is 2. The second-order valence-electron chi connectivity index (χ2n) is 6.32. The lowest BCUT2D eigenvalue weighted by Crippen LogP contribution is -2.39.